The van der Waals surface area contributed by atoms with Crippen LogP contribution in [0.4, 0.5) is 4.79 Å². The molecule has 0 saturated carbocycles. The van der Waals surface area contributed by atoms with Gasteiger partial charge in [-0.15, -0.1) is 11.3 Å². The van der Waals surface area contributed by atoms with E-state index in [0.29, 0.717) is 10.7 Å². The van der Waals surface area contributed by atoms with Crippen LogP contribution in [0.15, 0.2) is 5.38 Å². The quantitative estimate of drug-likeness (QED) is 0.859. The van der Waals surface area contributed by atoms with E-state index in [1.807, 2.05) is 26.8 Å². The zero-order chi connectivity index (χ0) is 12.3. The molecular weight excluding hydrogens is 226 g/mol. The van der Waals surface area contributed by atoms with Crippen molar-refractivity contribution >= 4 is 17.4 Å². The molecule has 0 aromatic carbocycles. The molecule has 0 spiro atoms. The van der Waals surface area contributed by atoms with E-state index in [0.717, 1.165) is 0 Å². The van der Waals surface area contributed by atoms with Gasteiger partial charge in [0, 0.05) is 10.9 Å². The molecule has 1 aromatic rings. The zero-order valence-corrected chi connectivity index (χ0v) is 10.2. The first-order valence-electron chi connectivity index (χ1n) is 4.69. The molecule has 0 saturated heterocycles. The number of nitriles is 1. The van der Waals surface area contributed by atoms with Crippen molar-refractivity contribution < 1.29 is 9.90 Å². The van der Waals surface area contributed by atoms with Gasteiger partial charge in [-0.05, 0) is 20.8 Å². The first-order valence-corrected chi connectivity index (χ1v) is 5.57. The normalized spacial score (nSPS) is 10.9. The van der Waals surface area contributed by atoms with Gasteiger partial charge in [-0.2, -0.15) is 5.26 Å². The van der Waals surface area contributed by atoms with Crippen molar-refractivity contribution in [3.05, 3.63) is 16.1 Å². The molecule has 0 atom stereocenters. The molecular formula is C10H13N3O2S. The highest BCUT2D eigenvalue weighted by Crippen LogP contribution is 2.19. The summed E-state index contributed by atoms with van der Waals surface area (Å²) in [5.74, 6) is 0. The molecule has 0 unspecified atom stereocenters. The van der Waals surface area contributed by atoms with E-state index in [2.05, 4.69) is 4.98 Å². The van der Waals surface area contributed by atoms with Crippen molar-refractivity contribution in [2.45, 2.75) is 32.9 Å². The summed E-state index contributed by atoms with van der Waals surface area (Å²) < 4.78 is 0. The van der Waals surface area contributed by atoms with Gasteiger partial charge in [0.25, 0.3) is 0 Å². The largest absolute Gasteiger partial charge is 0.465 e. The maximum Gasteiger partial charge on any atom is 0.408 e. The van der Waals surface area contributed by atoms with E-state index in [4.69, 9.17) is 10.4 Å². The summed E-state index contributed by atoms with van der Waals surface area (Å²) in [5, 5.41) is 19.9. The van der Waals surface area contributed by atoms with Gasteiger partial charge in [0.2, 0.25) is 0 Å². The molecule has 1 heterocycles. The average molecular weight is 239 g/mol. The van der Waals surface area contributed by atoms with Crippen molar-refractivity contribution in [2.75, 3.05) is 0 Å². The van der Waals surface area contributed by atoms with Gasteiger partial charge < -0.3 is 5.11 Å². The molecule has 1 rings (SSSR count). The summed E-state index contributed by atoms with van der Waals surface area (Å²) in [4.78, 5) is 16.4. The highest BCUT2D eigenvalue weighted by Gasteiger charge is 2.26. The lowest BCUT2D eigenvalue weighted by molar-refractivity contribution is 0.0955. The topological polar surface area (TPSA) is 77.2 Å². The molecule has 1 aromatic heterocycles. The number of hydrogen-bond acceptors (Lipinski definition) is 4. The minimum absolute atomic E-state index is 0.213. The van der Waals surface area contributed by atoms with Gasteiger partial charge in [0.05, 0.1) is 6.54 Å². The molecule has 0 aliphatic heterocycles. The number of carboxylic acid groups (broad SMARTS) is 1. The molecule has 86 valence electrons. The van der Waals surface area contributed by atoms with Gasteiger partial charge >= 0.3 is 6.09 Å². The lowest BCUT2D eigenvalue weighted by Gasteiger charge is -2.32. The summed E-state index contributed by atoms with van der Waals surface area (Å²) in [6.45, 7) is 5.67. The van der Waals surface area contributed by atoms with E-state index >= 15 is 0 Å². The van der Waals surface area contributed by atoms with E-state index in [9.17, 15) is 4.79 Å². The second-order valence-corrected chi connectivity index (χ2v) is 5.22. The fraction of sp³-hybridized carbons (Fsp3) is 0.500. The zero-order valence-electron chi connectivity index (χ0n) is 9.39. The maximum atomic E-state index is 11.1. The minimum Gasteiger partial charge on any atom is -0.465 e. The van der Waals surface area contributed by atoms with Crippen molar-refractivity contribution in [1.82, 2.24) is 9.88 Å². The molecule has 0 fully saturated rings. The monoisotopic (exact) mass is 239 g/mol. The molecule has 0 bridgehead atoms. The van der Waals surface area contributed by atoms with Crippen LogP contribution in [0.1, 0.15) is 31.5 Å². The Balaban J connectivity index is 2.85. The lowest BCUT2D eigenvalue weighted by atomic mass is 10.1. The van der Waals surface area contributed by atoms with Gasteiger partial charge in [0.15, 0.2) is 5.69 Å². The van der Waals surface area contributed by atoms with Crippen LogP contribution in [0.5, 0.6) is 0 Å². The first kappa shape index (κ1) is 12.5. The second-order valence-electron chi connectivity index (χ2n) is 4.28. The SMILES string of the molecule is CC(C)(C)N(Cc1nc(C#N)cs1)C(=O)O. The molecule has 5 nitrogen and oxygen atoms in total. The number of rotatable bonds is 2. The predicted octanol–water partition coefficient (Wildman–Crippen LogP) is 2.29. The number of carbonyl (C=O) groups is 1. The summed E-state index contributed by atoms with van der Waals surface area (Å²) in [7, 11) is 0. The Hall–Kier alpha value is -1.61. The van der Waals surface area contributed by atoms with Crippen LogP contribution >= 0.6 is 11.3 Å². The molecule has 6 heteroatoms. The van der Waals surface area contributed by atoms with Crippen LogP contribution in [-0.4, -0.2) is 26.6 Å². The molecule has 1 N–H and O–H groups in total. The summed E-state index contributed by atoms with van der Waals surface area (Å²) in [6.07, 6.45) is -0.985. The number of hydrogen-bond donors (Lipinski definition) is 1. The summed E-state index contributed by atoms with van der Waals surface area (Å²) >= 11 is 1.30. The molecule has 0 aliphatic rings. The van der Waals surface area contributed by atoms with Crippen molar-refractivity contribution in [3.63, 3.8) is 0 Å². The van der Waals surface area contributed by atoms with Gasteiger partial charge in [-0.1, -0.05) is 0 Å². The van der Waals surface area contributed by atoms with Crippen molar-refractivity contribution in [3.8, 4) is 6.07 Å². The Bertz CT molecular complexity index is 428. The van der Waals surface area contributed by atoms with Crippen LogP contribution in [0.2, 0.25) is 0 Å². The smallest absolute Gasteiger partial charge is 0.408 e. The Morgan fingerprint density at radius 2 is 2.31 bits per heavy atom. The number of nitrogens with zero attached hydrogens (tertiary/aromatic N) is 3. The highest BCUT2D eigenvalue weighted by molar-refractivity contribution is 7.09. The fourth-order valence-electron chi connectivity index (χ4n) is 1.16. The van der Waals surface area contributed by atoms with Crippen LogP contribution < -0.4 is 0 Å². The molecule has 16 heavy (non-hydrogen) atoms. The number of aromatic nitrogens is 1. The Kier molecular flexibility index (Phi) is 3.50. The predicted molar refractivity (Wildman–Crippen MR) is 60.1 cm³/mol. The van der Waals surface area contributed by atoms with Crippen LogP contribution in [0.25, 0.3) is 0 Å². The average Bonchev–Trinajstić information content (AvgIpc) is 2.59. The van der Waals surface area contributed by atoms with Crippen molar-refractivity contribution in [2.24, 2.45) is 0 Å². The summed E-state index contributed by atoms with van der Waals surface area (Å²) in [5.41, 5.74) is -0.149. The second kappa shape index (κ2) is 4.49. The number of thiazole rings is 1. The van der Waals surface area contributed by atoms with Crippen LogP contribution in [0.3, 0.4) is 0 Å². The van der Waals surface area contributed by atoms with E-state index in [1.54, 1.807) is 5.38 Å². The number of amides is 1. The van der Waals surface area contributed by atoms with Crippen LogP contribution in [-0.2, 0) is 6.54 Å². The molecule has 1 amide bonds. The minimum atomic E-state index is -0.985. The van der Waals surface area contributed by atoms with Gasteiger partial charge in [-0.3, -0.25) is 4.90 Å². The van der Waals surface area contributed by atoms with Gasteiger partial charge in [0.1, 0.15) is 11.1 Å². The third kappa shape index (κ3) is 2.94. The Labute approximate surface area is 98.0 Å². The third-order valence-corrected chi connectivity index (χ3v) is 2.83. The van der Waals surface area contributed by atoms with E-state index in [1.165, 1.54) is 16.2 Å². The lowest BCUT2D eigenvalue weighted by Crippen LogP contribution is -2.44. The molecule has 0 aliphatic carbocycles. The van der Waals surface area contributed by atoms with E-state index < -0.39 is 11.6 Å². The standard InChI is InChI=1S/C10H13N3O2S/c1-10(2,3)13(9(14)15)5-8-12-7(4-11)6-16-8/h6H,5H2,1-3H3,(H,14,15). The first-order chi connectivity index (χ1) is 7.34. The maximum absolute atomic E-state index is 11.1. The third-order valence-electron chi connectivity index (χ3n) is 2.00. The van der Waals surface area contributed by atoms with Crippen LogP contribution in [0, 0.1) is 11.3 Å². The fourth-order valence-corrected chi connectivity index (χ4v) is 1.87. The molecule has 0 radical (unpaired) electrons. The van der Waals surface area contributed by atoms with E-state index in [-0.39, 0.29) is 6.54 Å². The Morgan fingerprint density at radius 3 is 2.69 bits per heavy atom. The summed E-state index contributed by atoms with van der Waals surface area (Å²) in [6, 6.07) is 1.92. The van der Waals surface area contributed by atoms with Gasteiger partial charge in [-0.25, -0.2) is 9.78 Å². The Morgan fingerprint density at radius 1 is 1.69 bits per heavy atom. The van der Waals surface area contributed by atoms with Crippen molar-refractivity contribution in [1.29, 1.82) is 5.26 Å². The highest BCUT2D eigenvalue weighted by atomic mass is 32.1.